The molecule has 3 heterocycles. The van der Waals surface area contributed by atoms with Crippen molar-refractivity contribution in [2.45, 2.75) is 82.7 Å². The van der Waals surface area contributed by atoms with Crippen molar-refractivity contribution in [3.8, 4) is 0 Å². The number of rotatable bonds is 3. The van der Waals surface area contributed by atoms with E-state index in [9.17, 15) is 9.59 Å². The fraction of sp³-hybridized carbons (Fsp3) is 0.773. The van der Waals surface area contributed by atoms with Crippen molar-refractivity contribution in [2.24, 2.45) is 5.92 Å². The van der Waals surface area contributed by atoms with Gasteiger partial charge in [0.15, 0.2) is 0 Å². The van der Waals surface area contributed by atoms with Crippen LogP contribution in [0.15, 0.2) is 4.79 Å². The van der Waals surface area contributed by atoms with E-state index in [4.69, 9.17) is 4.98 Å². The van der Waals surface area contributed by atoms with Crippen molar-refractivity contribution >= 4 is 5.91 Å². The quantitative estimate of drug-likeness (QED) is 0.870. The van der Waals surface area contributed by atoms with Gasteiger partial charge in [-0.05, 0) is 38.5 Å². The van der Waals surface area contributed by atoms with Gasteiger partial charge in [0.25, 0.3) is 5.56 Å². The number of hydrogen-bond donors (Lipinski definition) is 1. The topological polar surface area (TPSA) is 69.3 Å². The zero-order valence-electron chi connectivity index (χ0n) is 16.8. The minimum atomic E-state index is 0.0478. The molecule has 2 saturated carbocycles. The third-order valence-corrected chi connectivity index (χ3v) is 7.55. The smallest absolute Gasteiger partial charge is 0.254 e. The van der Waals surface area contributed by atoms with Crippen molar-refractivity contribution in [2.75, 3.05) is 19.6 Å². The molecule has 0 radical (unpaired) electrons. The molecule has 1 atom stereocenters. The molecule has 0 unspecified atom stereocenters. The van der Waals surface area contributed by atoms with Crippen molar-refractivity contribution < 1.29 is 4.79 Å². The molecule has 152 valence electrons. The number of likely N-dealkylation sites (tertiary alicyclic amines) is 1. The van der Waals surface area contributed by atoms with Crippen molar-refractivity contribution in [3.05, 3.63) is 27.4 Å². The van der Waals surface area contributed by atoms with Crippen LogP contribution >= 0.6 is 0 Å². The molecule has 0 bridgehead atoms. The Morgan fingerprint density at radius 1 is 1.00 bits per heavy atom. The lowest BCUT2D eigenvalue weighted by Crippen LogP contribution is -2.41. The highest BCUT2D eigenvalue weighted by molar-refractivity contribution is 5.79. The number of hydrogen-bond acceptors (Lipinski definition) is 4. The normalized spacial score (nSPS) is 26.9. The average Bonchev–Trinajstić information content (AvgIpc) is 3.49. The first-order valence-electron chi connectivity index (χ1n) is 11.3. The standard InChI is InChI=1S/C22H32N4O2/c27-21-18-10-12-25(17-7-3-4-8-17)14-19(18)23-20(24-21)16-9-11-26(13-16)22(28)15-5-1-2-6-15/h15-17H,1-14H2,(H,23,24,27)/t16-/m0/s1. The van der Waals surface area contributed by atoms with E-state index < -0.39 is 0 Å². The number of carbonyl (C=O) groups excluding carboxylic acids is 1. The SMILES string of the molecule is O=C(C1CCCC1)N1CC[C@H](c2nc3c(c(=O)[nH]2)CCN(C2CCCC2)C3)C1. The molecule has 6 nitrogen and oxygen atoms in total. The maximum absolute atomic E-state index is 12.7. The van der Waals surface area contributed by atoms with Crippen LogP contribution in [-0.4, -0.2) is 51.4 Å². The maximum Gasteiger partial charge on any atom is 0.254 e. The fourth-order valence-electron chi connectivity index (χ4n) is 5.87. The highest BCUT2D eigenvalue weighted by atomic mass is 16.2. The highest BCUT2D eigenvalue weighted by Crippen LogP contribution is 2.32. The van der Waals surface area contributed by atoms with Crippen LogP contribution in [0.5, 0.6) is 0 Å². The van der Waals surface area contributed by atoms with Gasteiger partial charge in [-0.15, -0.1) is 0 Å². The van der Waals surface area contributed by atoms with Gasteiger partial charge >= 0.3 is 0 Å². The highest BCUT2D eigenvalue weighted by Gasteiger charge is 2.35. The molecule has 4 aliphatic rings. The van der Waals surface area contributed by atoms with Gasteiger partial charge in [-0.2, -0.15) is 0 Å². The molecule has 2 aliphatic heterocycles. The van der Waals surface area contributed by atoms with Gasteiger partial charge in [0.2, 0.25) is 5.91 Å². The van der Waals surface area contributed by atoms with E-state index in [0.717, 1.165) is 62.4 Å². The van der Waals surface area contributed by atoms with Gasteiger partial charge in [0.05, 0.1) is 5.69 Å². The molecular formula is C22H32N4O2. The molecule has 1 aromatic rings. The zero-order chi connectivity index (χ0) is 19.1. The van der Waals surface area contributed by atoms with Crippen LogP contribution in [0.25, 0.3) is 0 Å². The van der Waals surface area contributed by atoms with Gasteiger partial charge in [0, 0.05) is 49.6 Å². The van der Waals surface area contributed by atoms with Crippen LogP contribution in [0.2, 0.25) is 0 Å². The van der Waals surface area contributed by atoms with E-state index >= 15 is 0 Å². The number of nitrogens with one attached hydrogen (secondary N) is 1. The number of fused-ring (bicyclic) bond motifs is 1. The van der Waals surface area contributed by atoms with E-state index in [-0.39, 0.29) is 17.4 Å². The summed E-state index contributed by atoms with van der Waals surface area (Å²) in [6.07, 6.45) is 11.4. The molecule has 1 amide bonds. The molecule has 1 aromatic heterocycles. The maximum atomic E-state index is 12.7. The summed E-state index contributed by atoms with van der Waals surface area (Å²) in [5, 5.41) is 0. The number of carbonyl (C=O) groups is 1. The molecule has 28 heavy (non-hydrogen) atoms. The van der Waals surface area contributed by atoms with Crippen LogP contribution < -0.4 is 5.56 Å². The first kappa shape index (κ1) is 18.3. The Balaban J connectivity index is 1.31. The molecule has 3 fully saturated rings. The molecule has 6 heteroatoms. The summed E-state index contributed by atoms with van der Waals surface area (Å²) < 4.78 is 0. The lowest BCUT2D eigenvalue weighted by atomic mass is 10.0. The Kier molecular flexibility index (Phi) is 4.99. The number of H-pyrrole nitrogens is 1. The van der Waals surface area contributed by atoms with Gasteiger partial charge in [-0.25, -0.2) is 4.98 Å². The number of aromatic nitrogens is 2. The van der Waals surface area contributed by atoms with Crippen molar-refractivity contribution in [3.63, 3.8) is 0 Å². The van der Waals surface area contributed by atoms with E-state index in [1.807, 2.05) is 4.90 Å². The molecule has 2 aliphatic carbocycles. The summed E-state index contributed by atoms with van der Waals surface area (Å²) in [5.41, 5.74) is 1.92. The average molecular weight is 385 g/mol. The number of nitrogens with zero attached hydrogens (tertiary/aromatic N) is 3. The van der Waals surface area contributed by atoms with Crippen LogP contribution in [0.1, 0.15) is 80.8 Å². The van der Waals surface area contributed by atoms with E-state index in [1.165, 1.54) is 38.5 Å². The monoisotopic (exact) mass is 384 g/mol. The van der Waals surface area contributed by atoms with Crippen LogP contribution in [-0.2, 0) is 17.8 Å². The van der Waals surface area contributed by atoms with Gasteiger partial charge in [-0.3, -0.25) is 14.5 Å². The minimum Gasteiger partial charge on any atom is -0.342 e. The summed E-state index contributed by atoms with van der Waals surface area (Å²) in [4.78, 5) is 38.0. The third-order valence-electron chi connectivity index (χ3n) is 7.55. The Labute approximate surface area is 166 Å². The Bertz CT molecular complexity index is 792. The van der Waals surface area contributed by atoms with E-state index in [1.54, 1.807) is 0 Å². The van der Waals surface area contributed by atoms with Crippen LogP contribution in [0.3, 0.4) is 0 Å². The zero-order valence-corrected chi connectivity index (χ0v) is 16.8. The molecule has 0 aromatic carbocycles. The lowest BCUT2D eigenvalue weighted by Gasteiger charge is -2.32. The summed E-state index contributed by atoms with van der Waals surface area (Å²) in [6, 6.07) is 0.670. The Morgan fingerprint density at radius 3 is 2.54 bits per heavy atom. The predicted octanol–water partition coefficient (Wildman–Crippen LogP) is 2.58. The van der Waals surface area contributed by atoms with Crippen molar-refractivity contribution in [1.82, 2.24) is 19.8 Å². The van der Waals surface area contributed by atoms with Gasteiger partial charge in [0.1, 0.15) is 5.82 Å². The Morgan fingerprint density at radius 2 is 1.75 bits per heavy atom. The van der Waals surface area contributed by atoms with Crippen LogP contribution in [0, 0.1) is 5.92 Å². The first-order chi connectivity index (χ1) is 13.7. The minimum absolute atomic E-state index is 0.0478. The molecule has 1 saturated heterocycles. The fourth-order valence-corrected chi connectivity index (χ4v) is 5.87. The summed E-state index contributed by atoms with van der Waals surface area (Å²) in [7, 11) is 0. The largest absolute Gasteiger partial charge is 0.342 e. The van der Waals surface area contributed by atoms with Gasteiger partial charge < -0.3 is 9.88 Å². The molecular weight excluding hydrogens is 352 g/mol. The summed E-state index contributed by atoms with van der Waals surface area (Å²) in [6.45, 7) is 3.31. The second-order valence-electron chi connectivity index (χ2n) is 9.29. The second kappa shape index (κ2) is 7.62. The predicted molar refractivity (Wildman–Crippen MR) is 107 cm³/mol. The molecule has 0 spiro atoms. The first-order valence-corrected chi connectivity index (χ1v) is 11.3. The Hall–Kier alpha value is -1.69. The van der Waals surface area contributed by atoms with Gasteiger partial charge in [-0.1, -0.05) is 25.7 Å². The molecule has 5 rings (SSSR count). The summed E-state index contributed by atoms with van der Waals surface area (Å²) >= 11 is 0. The van der Waals surface area contributed by atoms with E-state index in [0.29, 0.717) is 18.5 Å². The molecule has 1 N–H and O–H groups in total. The third kappa shape index (κ3) is 3.40. The lowest BCUT2D eigenvalue weighted by molar-refractivity contribution is -0.134. The number of amides is 1. The second-order valence-corrected chi connectivity index (χ2v) is 9.29. The van der Waals surface area contributed by atoms with Crippen LogP contribution in [0.4, 0.5) is 0 Å². The van der Waals surface area contributed by atoms with E-state index in [2.05, 4.69) is 9.88 Å². The summed E-state index contributed by atoms with van der Waals surface area (Å²) in [5.74, 6) is 1.53. The van der Waals surface area contributed by atoms with Crippen molar-refractivity contribution in [1.29, 1.82) is 0 Å². The number of aromatic amines is 1.